The number of amides is 1. The van der Waals surface area contributed by atoms with Gasteiger partial charge in [-0.2, -0.15) is 0 Å². The molecular formula is C26H49NO6. The number of nitrogens with one attached hydrogen (secondary N) is 1. The minimum absolute atomic E-state index is 0.467. The molecule has 7 heteroatoms. The lowest BCUT2D eigenvalue weighted by Crippen LogP contribution is -2.64. The van der Waals surface area contributed by atoms with Gasteiger partial charge in [0, 0.05) is 1.37 Å². The molecule has 0 radical (unpaired) electrons. The van der Waals surface area contributed by atoms with Crippen molar-refractivity contribution < 1.29 is 31.3 Å². The van der Waals surface area contributed by atoms with E-state index in [2.05, 4.69) is 5.32 Å². The Kier molecular flexibility index (Phi) is 16.5. The van der Waals surface area contributed by atoms with Crippen molar-refractivity contribution in [2.45, 2.75) is 140 Å². The fourth-order valence-electron chi connectivity index (χ4n) is 4.22. The normalized spacial score (nSPS) is 25.9. The van der Waals surface area contributed by atoms with Gasteiger partial charge >= 0.3 is 0 Å². The maximum atomic E-state index is 12.0. The highest BCUT2D eigenvalue weighted by molar-refractivity contribution is 5.87. The van der Waals surface area contributed by atoms with E-state index in [0.29, 0.717) is 6.90 Å². The van der Waals surface area contributed by atoms with Crippen molar-refractivity contribution in [2.75, 3.05) is 6.61 Å². The van der Waals surface area contributed by atoms with Crippen LogP contribution < -0.4 is 5.32 Å². The highest BCUT2D eigenvalue weighted by Gasteiger charge is 2.44. The molecule has 0 spiro atoms. The highest BCUT2D eigenvalue weighted by atomic mass is 16.6. The molecule has 5 N–H and O–H groups in total. The summed E-state index contributed by atoms with van der Waals surface area (Å²) in [6.07, 6.45) is 17.4. The summed E-state index contributed by atoms with van der Waals surface area (Å²) in [5.74, 6) is -0.467. The van der Waals surface area contributed by atoms with Crippen molar-refractivity contribution in [1.82, 2.24) is 5.32 Å². The molecule has 1 unspecified atom stereocenters. The number of allylic oxidation sites excluding steroid dienone is 1. The Balaban J connectivity index is 1.94. The number of rotatable bonds is 19. The molecule has 0 aromatic carbocycles. The monoisotopic (exact) mass is 472 g/mol. The summed E-state index contributed by atoms with van der Waals surface area (Å²) in [6, 6.07) is -1.15. The molecule has 1 heterocycles. The number of carbonyl (C=O) groups is 1. The van der Waals surface area contributed by atoms with Gasteiger partial charge in [-0.05, 0) is 18.9 Å². The second-order valence-corrected chi connectivity index (χ2v) is 9.26. The maximum absolute atomic E-state index is 12.0. The molecule has 0 aromatic rings. The second kappa shape index (κ2) is 19.3. The highest BCUT2D eigenvalue weighted by Crippen LogP contribution is 2.20. The van der Waals surface area contributed by atoms with E-state index < -0.39 is 43.2 Å². The number of hydrogen-bond acceptors (Lipinski definition) is 6. The number of carbonyl (C=O) groups excluding carboxylic acids is 1. The number of ether oxygens (including phenoxy) is 1. The molecule has 0 aliphatic carbocycles. The van der Waals surface area contributed by atoms with E-state index in [0.717, 1.165) is 25.7 Å². The van der Waals surface area contributed by atoms with Gasteiger partial charge in [-0.25, -0.2) is 0 Å². The SMILES string of the molecule is [2H]CCCCCCCCCCCCCCCCCC=CC(=O)N[C@H]1C(O)O[C@H](CO)[C@@H](O)[C@@H]1O. The first-order valence-electron chi connectivity index (χ1n) is 13.8. The Morgan fingerprint density at radius 2 is 1.36 bits per heavy atom. The number of aliphatic hydroxyl groups excluding tert-OH is 4. The summed E-state index contributed by atoms with van der Waals surface area (Å²) >= 11 is 0. The standard InChI is InChI=1S/C26H49NO6/c1-2-3-4-5-6-7-8-9-10-11-12-13-14-15-16-17-18-19-22(29)27-23-25(31)24(30)21(20-28)33-26(23)32/h18-19,21,23-26,28,30-32H,2-17,20H2,1H3,(H,27,29)/t21-,23-,24-,25-,26?/m1/s1/i1D. The molecule has 1 aliphatic rings. The lowest BCUT2D eigenvalue weighted by molar-refractivity contribution is -0.253. The molecule has 194 valence electrons. The number of unbranched alkanes of at least 4 members (excludes halogenated alkanes) is 15. The molecule has 33 heavy (non-hydrogen) atoms. The van der Waals surface area contributed by atoms with E-state index in [4.69, 9.17) is 11.2 Å². The lowest BCUT2D eigenvalue weighted by Gasteiger charge is -2.40. The molecule has 5 atom stereocenters. The van der Waals surface area contributed by atoms with Crippen molar-refractivity contribution in [1.29, 1.82) is 0 Å². The predicted molar refractivity (Wildman–Crippen MR) is 131 cm³/mol. The summed E-state index contributed by atoms with van der Waals surface area (Å²) in [5, 5.41) is 41.3. The van der Waals surface area contributed by atoms with Crippen LogP contribution in [0.1, 0.15) is 111 Å². The summed E-state index contributed by atoms with van der Waals surface area (Å²) in [6.45, 7) is 0.0393. The zero-order valence-corrected chi connectivity index (χ0v) is 20.4. The third kappa shape index (κ3) is 13.5. The van der Waals surface area contributed by atoms with Crippen LogP contribution in [0.2, 0.25) is 0 Å². The molecule has 0 bridgehead atoms. The molecule has 1 aliphatic heterocycles. The van der Waals surface area contributed by atoms with Crippen LogP contribution in [0.5, 0.6) is 0 Å². The lowest BCUT2D eigenvalue weighted by atomic mass is 9.97. The minimum Gasteiger partial charge on any atom is -0.394 e. The van der Waals surface area contributed by atoms with E-state index in [-0.39, 0.29) is 0 Å². The zero-order valence-electron chi connectivity index (χ0n) is 21.4. The van der Waals surface area contributed by atoms with Crippen molar-refractivity contribution in [3.8, 4) is 0 Å². The van der Waals surface area contributed by atoms with Crippen LogP contribution in [-0.4, -0.2) is 63.6 Å². The van der Waals surface area contributed by atoms with E-state index in [1.165, 1.54) is 83.1 Å². The van der Waals surface area contributed by atoms with Gasteiger partial charge < -0.3 is 30.5 Å². The van der Waals surface area contributed by atoms with E-state index in [9.17, 15) is 20.1 Å². The fourth-order valence-corrected chi connectivity index (χ4v) is 4.22. The summed E-state index contributed by atoms with van der Waals surface area (Å²) < 4.78 is 12.2. The molecule has 0 aromatic heterocycles. The third-order valence-electron chi connectivity index (χ3n) is 6.35. The minimum atomic E-state index is -1.50. The van der Waals surface area contributed by atoms with Crippen LogP contribution in [0.15, 0.2) is 12.2 Å². The molecule has 7 nitrogen and oxygen atoms in total. The Morgan fingerprint density at radius 1 is 0.848 bits per heavy atom. The van der Waals surface area contributed by atoms with Gasteiger partial charge in [-0.1, -0.05) is 103 Å². The smallest absolute Gasteiger partial charge is 0.244 e. The topological polar surface area (TPSA) is 119 Å². The van der Waals surface area contributed by atoms with Gasteiger partial charge in [0.05, 0.1) is 6.61 Å². The number of hydrogen-bond donors (Lipinski definition) is 5. The molecule has 0 saturated carbocycles. The first-order chi connectivity index (χ1) is 16.5. The van der Waals surface area contributed by atoms with Crippen molar-refractivity contribution in [2.24, 2.45) is 0 Å². The van der Waals surface area contributed by atoms with Crippen molar-refractivity contribution >= 4 is 5.91 Å². The third-order valence-corrected chi connectivity index (χ3v) is 6.35. The van der Waals surface area contributed by atoms with Gasteiger partial charge in [0.15, 0.2) is 6.29 Å². The van der Waals surface area contributed by atoms with E-state index in [1.807, 2.05) is 0 Å². The molecule has 1 amide bonds. The summed E-state index contributed by atoms with van der Waals surface area (Å²) in [5.41, 5.74) is 0. The second-order valence-electron chi connectivity index (χ2n) is 9.26. The Morgan fingerprint density at radius 3 is 1.88 bits per heavy atom. The van der Waals surface area contributed by atoms with Crippen LogP contribution in [0.3, 0.4) is 0 Å². The summed E-state index contributed by atoms with van der Waals surface area (Å²) in [4.78, 5) is 12.0. The predicted octanol–water partition coefficient (Wildman–Crippen LogP) is 3.72. The Labute approximate surface area is 202 Å². The van der Waals surface area contributed by atoms with Gasteiger partial charge in [0.25, 0.3) is 0 Å². The van der Waals surface area contributed by atoms with Gasteiger partial charge in [0.1, 0.15) is 24.4 Å². The number of aliphatic hydroxyl groups is 4. The van der Waals surface area contributed by atoms with Crippen LogP contribution in [0, 0.1) is 0 Å². The van der Waals surface area contributed by atoms with E-state index >= 15 is 0 Å². The average Bonchev–Trinajstić information content (AvgIpc) is 2.83. The quantitative estimate of drug-likeness (QED) is 0.144. The Hall–Kier alpha value is -0.990. The average molecular weight is 473 g/mol. The van der Waals surface area contributed by atoms with Crippen molar-refractivity contribution in [3.05, 3.63) is 12.2 Å². The summed E-state index contributed by atoms with van der Waals surface area (Å²) in [7, 11) is 0. The molecule has 1 saturated heterocycles. The van der Waals surface area contributed by atoms with Crippen LogP contribution in [-0.2, 0) is 9.53 Å². The van der Waals surface area contributed by atoms with Gasteiger partial charge in [-0.3, -0.25) is 4.79 Å². The first-order valence-corrected chi connectivity index (χ1v) is 13.1. The fraction of sp³-hybridized carbons (Fsp3) is 0.885. The molecule has 1 fully saturated rings. The molecular weight excluding hydrogens is 422 g/mol. The van der Waals surface area contributed by atoms with Crippen LogP contribution >= 0.6 is 0 Å². The maximum Gasteiger partial charge on any atom is 0.244 e. The zero-order chi connectivity index (χ0) is 25.0. The van der Waals surface area contributed by atoms with Crippen LogP contribution in [0.25, 0.3) is 0 Å². The molecule has 1 rings (SSSR count). The van der Waals surface area contributed by atoms with E-state index in [1.54, 1.807) is 6.08 Å². The first kappa shape index (κ1) is 28.2. The Bertz CT molecular complexity index is 535. The van der Waals surface area contributed by atoms with Crippen LogP contribution in [0.4, 0.5) is 0 Å². The van der Waals surface area contributed by atoms with Gasteiger partial charge in [-0.15, -0.1) is 0 Å². The van der Waals surface area contributed by atoms with Crippen molar-refractivity contribution in [3.63, 3.8) is 0 Å². The van der Waals surface area contributed by atoms with Gasteiger partial charge in [0.2, 0.25) is 5.91 Å². The largest absolute Gasteiger partial charge is 0.394 e.